The summed E-state index contributed by atoms with van der Waals surface area (Å²) < 4.78 is 136. The molecule has 7 N–H and O–H groups in total. The largest absolute Gasteiger partial charge is 0.505 e. The highest BCUT2D eigenvalue weighted by molar-refractivity contribution is 7.94. The molecule has 0 bridgehead atoms. The smallest absolute Gasteiger partial charge is 0.446 e. The summed E-state index contributed by atoms with van der Waals surface area (Å²) in [6.45, 7) is 0.262. The van der Waals surface area contributed by atoms with E-state index in [4.69, 9.17) is 15.5 Å². The van der Waals surface area contributed by atoms with E-state index in [-0.39, 0.29) is 61.4 Å². The Kier molecular flexibility index (Phi) is 12.5. The summed E-state index contributed by atoms with van der Waals surface area (Å²) >= 11 is 0.191. The lowest BCUT2D eigenvalue weighted by atomic mass is 10.1. The van der Waals surface area contributed by atoms with E-state index in [0.717, 1.165) is 36.4 Å². The predicted octanol–water partition coefficient (Wildman–Crippen LogP) is 5.55. The van der Waals surface area contributed by atoms with Gasteiger partial charge in [0, 0.05) is 11.9 Å². The maximum atomic E-state index is 12.7. The monoisotopic (exact) mass is 888 g/mol. The molecule has 0 aliphatic rings. The van der Waals surface area contributed by atoms with E-state index in [1.807, 2.05) is 0 Å². The molecule has 0 atom stereocenters. The van der Waals surface area contributed by atoms with Gasteiger partial charge in [-0.1, -0.05) is 11.1 Å². The van der Waals surface area contributed by atoms with Crippen molar-refractivity contribution in [1.29, 1.82) is 0 Å². The van der Waals surface area contributed by atoms with Gasteiger partial charge >= 0.3 is 10.4 Å². The molecule has 0 unspecified atom stereocenters. The van der Waals surface area contributed by atoms with Gasteiger partial charge in [0.05, 0.1) is 44.3 Å². The number of hydrogen-bond acceptors (Lipinski definition) is 20. The van der Waals surface area contributed by atoms with E-state index in [0.29, 0.717) is 0 Å². The molecule has 304 valence electrons. The van der Waals surface area contributed by atoms with Crippen LogP contribution in [-0.4, -0.2) is 89.0 Å². The van der Waals surface area contributed by atoms with Crippen molar-refractivity contribution in [3.05, 3.63) is 66.7 Å². The van der Waals surface area contributed by atoms with E-state index >= 15 is 0 Å². The summed E-state index contributed by atoms with van der Waals surface area (Å²) in [7, 11) is -15.4. The van der Waals surface area contributed by atoms with Crippen molar-refractivity contribution in [2.45, 2.75) is 19.6 Å². The van der Waals surface area contributed by atoms with Crippen molar-refractivity contribution in [1.82, 2.24) is 4.90 Å². The Labute approximate surface area is 327 Å². The van der Waals surface area contributed by atoms with Gasteiger partial charge in [-0.3, -0.25) is 13.7 Å². The summed E-state index contributed by atoms with van der Waals surface area (Å²) in [5, 5.41) is 38.7. The average Bonchev–Trinajstić information content (AvgIpc) is 3.10. The molecule has 0 aromatic heterocycles. The SMILES string of the molecule is CN(C)CCS(=O)(=O)c1ccc(N=Nc2c(S(=O)(=O)O)cc3cc(SOOO)c(N=Nc4ccc5cc(OS(=O)(=O)O)ccc5c4S(=O)(=O)O)c(O)c3c2N)cc1. The van der Waals surface area contributed by atoms with Crippen LogP contribution in [0.5, 0.6) is 11.5 Å². The predicted molar refractivity (Wildman–Crippen MR) is 202 cm³/mol. The minimum Gasteiger partial charge on any atom is -0.505 e. The molecule has 5 rings (SSSR count). The van der Waals surface area contributed by atoms with Crippen molar-refractivity contribution >= 4 is 102 Å². The van der Waals surface area contributed by atoms with Crippen LogP contribution >= 0.6 is 12.0 Å². The van der Waals surface area contributed by atoms with Crippen LogP contribution in [0.1, 0.15) is 0 Å². The maximum Gasteiger partial charge on any atom is 0.446 e. The molecular weight excluding hydrogens is 861 g/mol. The lowest BCUT2D eigenvalue weighted by Gasteiger charge is -2.14. The number of nitrogens with zero attached hydrogens (tertiary/aromatic N) is 5. The second kappa shape index (κ2) is 16.5. The number of anilines is 1. The summed E-state index contributed by atoms with van der Waals surface area (Å²) in [5.41, 5.74) is 3.97. The van der Waals surface area contributed by atoms with E-state index < -0.39 is 84.5 Å². The van der Waals surface area contributed by atoms with Crippen molar-refractivity contribution in [2.75, 3.05) is 32.1 Å². The fourth-order valence-corrected chi connectivity index (χ4v) is 8.91. The first kappa shape index (κ1) is 43.2. The Bertz CT molecular complexity index is 2910. The Morgan fingerprint density at radius 3 is 2.04 bits per heavy atom. The molecule has 5 aromatic carbocycles. The molecule has 0 heterocycles. The van der Waals surface area contributed by atoms with Crippen molar-refractivity contribution in [2.24, 2.45) is 20.5 Å². The zero-order chi connectivity index (χ0) is 42.1. The first-order valence-corrected chi connectivity index (χ1v) is 21.9. The van der Waals surface area contributed by atoms with Gasteiger partial charge in [0.2, 0.25) is 0 Å². The minimum absolute atomic E-state index is 0.00824. The van der Waals surface area contributed by atoms with Gasteiger partial charge in [-0.15, -0.1) is 19.7 Å². The third-order valence-corrected chi connectivity index (χ3v) is 12.2. The Morgan fingerprint density at radius 1 is 0.772 bits per heavy atom. The highest BCUT2D eigenvalue weighted by Crippen LogP contribution is 2.50. The second-order valence-corrected chi connectivity index (χ2v) is 18.4. The highest BCUT2D eigenvalue weighted by Gasteiger charge is 2.26. The number of phenols is 1. The van der Waals surface area contributed by atoms with E-state index in [1.165, 1.54) is 30.3 Å². The van der Waals surface area contributed by atoms with Crippen molar-refractivity contribution < 1.29 is 71.2 Å². The van der Waals surface area contributed by atoms with E-state index in [9.17, 15) is 47.9 Å². The number of nitrogens with two attached hydrogens (primary N) is 1. The standard InChI is InChI=1S/C30H28N6O16S5/c1-36(2)11-12-54(39,40)20-7-4-18(5-8-20)32-35-28-24(55(41,42)43)15-17-14-23(53-52-51-38)27(29(37)25(17)26(28)31)34-33-22-10-3-16-13-19(50-57(47,48)49)6-9-21(16)30(22)56(44,45)46/h3-10,13-15,37-38H,11-12,31H2,1-2H3,(H,41,42,43)(H,44,45,46)(H,47,48,49). The number of azo groups is 2. The van der Waals surface area contributed by atoms with Crippen LogP contribution in [-0.2, 0) is 49.8 Å². The number of aromatic hydroxyl groups is 1. The second-order valence-electron chi connectivity index (χ2n) is 11.8. The van der Waals surface area contributed by atoms with Crippen LogP contribution in [0.3, 0.4) is 0 Å². The van der Waals surface area contributed by atoms with E-state index in [1.54, 1.807) is 19.0 Å². The third-order valence-electron chi connectivity index (χ3n) is 7.65. The van der Waals surface area contributed by atoms with Crippen LogP contribution in [0, 0.1) is 0 Å². The Hall–Kier alpha value is -4.91. The fourth-order valence-electron chi connectivity index (χ4n) is 5.17. The van der Waals surface area contributed by atoms with Gasteiger partial charge in [-0.05, 0) is 85.5 Å². The average molecular weight is 889 g/mol. The van der Waals surface area contributed by atoms with E-state index in [2.05, 4.69) is 34.0 Å². The number of sulfone groups is 1. The zero-order valence-corrected chi connectivity index (χ0v) is 32.9. The topological polar surface area (TPSA) is 344 Å². The normalized spacial score (nSPS) is 13.1. The molecule has 0 aliphatic carbocycles. The number of benzene rings is 5. The van der Waals surface area contributed by atoms with Gasteiger partial charge < -0.3 is 19.9 Å². The van der Waals surface area contributed by atoms with Gasteiger partial charge in [-0.25, -0.2) is 13.7 Å². The number of rotatable bonds is 15. The van der Waals surface area contributed by atoms with Crippen LogP contribution in [0.25, 0.3) is 21.5 Å². The van der Waals surface area contributed by atoms with Crippen LogP contribution in [0.2, 0.25) is 0 Å². The molecule has 0 spiro atoms. The van der Waals surface area contributed by atoms with Crippen LogP contribution < -0.4 is 9.92 Å². The van der Waals surface area contributed by atoms with Gasteiger partial charge in [0.15, 0.2) is 15.6 Å². The zero-order valence-electron chi connectivity index (χ0n) is 28.8. The summed E-state index contributed by atoms with van der Waals surface area (Å²) in [6, 6.07) is 12.3. The summed E-state index contributed by atoms with van der Waals surface area (Å²) in [6.07, 6.45) is 0. The number of nitrogen functional groups attached to an aromatic ring is 1. The van der Waals surface area contributed by atoms with Gasteiger partial charge in [-0.2, -0.15) is 30.4 Å². The lowest BCUT2D eigenvalue weighted by Crippen LogP contribution is -2.21. The third kappa shape index (κ3) is 10.2. The maximum absolute atomic E-state index is 12.7. The van der Waals surface area contributed by atoms with Crippen molar-refractivity contribution in [3.8, 4) is 11.5 Å². The first-order valence-electron chi connectivity index (χ1n) is 15.3. The number of hydrogen-bond donors (Lipinski definition) is 6. The molecule has 0 saturated heterocycles. The Morgan fingerprint density at radius 2 is 1.44 bits per heavy atom. The van der Waals surface area contributed by atoms with Crippen LogP contribution in [0.4, 0.5) is 28.4 Å². The van der Waals surface area contributed by atoms with Crippen molar-refractivity contribution in [3.63, 3.8) is 0 Å². The quantitative estimate of drug-likeness (QED) is 0.0187. The van der Waals surface area contributed by atoms with Crippen LogP contribution in [0.15, 0.2) is 107 Å². The summed E-state index contributed by atoms with van der Waals surface area (Å²) in [4.78, 5) is -0.337. The summed E-state index contributed by atoms with van der Waals surface area (Å²) in [5.74, 6) is -1.45. The molecule has 5 aromatic rings. The molecule has 0 aliphatic heterocycles. The molecule has 0 saturated carbocycles. The molecule has 0 fully saturated rings. The molecule has 22 nitrogen and oxygen atoms in total. The van der Waals surface area contributed by atoms with Gasteiger partial charge in [0.25, 0.3) is 20.2 Å². The Balaban J connectivity index is 1.65. The molecule has 57 heavy (non-hydrogen) atoms. The molecule has 0 radical (unpaired) electrons. The molecule has 0 amide bonds. The first-order chi connectivity index (χ1) is 26.5. The highest BCUT2D eigenvalue weighted by atomic mass is 32.3. The molecular formula is C30H28N6O16S5. The lowest BCUT2D eigenvalue weighted by molar-refractivity contribution is -0.432. The number of phenolic OH excluding ortho intramolecular Hbond substituents is 1. The van der Waals surface area contributed by atoms with Gasteiger partial charge in [0.1, 0.15) is 32.6 Å². The fraction of sp³-hybridized carbons (Fsp3) is 0.133. The molecule has 27 heteroatoms. The minimum atomic E-state index is -5.12. The number of fused-ring (bicyclic) bond motifs is 2.